The van der Waals surface area contributed by atoms with Gasteiger partial charge in [0.05, 0.1) is 0 Å². The topological polar surface area (TPSA) is 17.1 Å². The number of unbranched alkanes of at least 4 members (excludes halogenated alkanes) is 1. The molecule has 1 nitrogen and oxygen atoms in total. The molecule has 0 unspecified atom stereocenters. The normalized spacial score (nSPS) is 8.06. The Morgan fingerprint density at radius 3 is 1.94 bits per heavy atom. The van der Waals surface area contributed by atoms with E-state index in [1.807, 2.05) is 58.0 Å². The predicted molar refractivity (Wildman–Crippen MR) is 73.0 cm³/mol. The number of carbonyl (C=O) groups is 1. The van der Waals surface area contributed by atoms with E-state index in [1.54, 1.807) is 0 Å². The van der Waals surface area contributed by atoms with Crippen LogP contribution in [0.15, 0.2) is 30.3 Å². The smallest absolute Gasteiger partial charge is 0.162 e. The molecule has 0 N–H and O–H groups in total. The highest BCUT2D eigenvalue weighted by Gasteiger charge is 2.02. The average Bonchev–Trinajstić information content (AvgIpc) is 2.41. The Kier molecular flexibility index (Phi) is 15.0. The second-order valence-electron chi connectivity index (χ2n) is 2.89. The van der Waals surface area contributed by atoms with Gasteiger partial charge in [0.1, 0.15) is 0 Å². The van der Waals surface area contributed by atoms with Gasteiger partial charge in [-0.15, -0.1) is 0 Å². The lowest BCUT2D eigenvalue weighted by Gasteiger charge is -1.97. The lowest BCUT2D eigenvalue weighted by molar-refractivity contribution is 0.0980. The Hall–Kier alpha value is -1.11. The van der Waals surface area contributed by atoms with Crippen LogP contribution in [0.5, 0.6) is 0 Å². The Morgan fingerprint density at radius 2 is 1.50 bits per heavy atom. The van der Waals surface area contributed by atoms with E-state index in [-0.39, 0.29) is 5.78 Å². The van der Waals surface area contributed by atoms with Crippen LogP contribution in [0.25, 0.3) is 0 Å². The van der Waals surface area contributed by atoms with Gasteiger partial charge in [-0.25, -0.2) is 0 Å². The van der Waals surface area contributed by atoms with Crippen molar-refractivity contribution in [3.63, 3.8) is 0 Å². The van der Waals surface area contributed by atoms with Crippen LogP contribution in [-0.4, -0.2) is 5.78 Å². The first-order chi connectivity index (χ1) is 7.84. The summed E-state index contributed by atoms with van der Waals surface area (Å²) < 4.78 is 0. The molecule has 0 fully saturated rings. The molecule has 1 rings (SSSR count). The van der Waals surface area contributed by atoms with E-state index in [0.29, 0.717) is 6.42 Å². The van der Waals surface area contributed by atoms with E-state index >= 15 is 0 Å². The number of hydrogen-bond donors (Lipinski definition) is 0. The standard InChI is InChI=1S/C11H14O.2C2H6/c1-2-3-9-11(12)10-7-5-4-6-8-10;2*1-2/h4-8H,2-3,9H2,1H3;2*1-2H3. The van der Waals surface area contributed by atoms with Crippen LogP contribution in [0.1, 0.15) is 64.2 Å². The molecule has 1 aromatic rings. The SMILES string of the molecule is CC.CC.CCCCC(=O)c1ccccc1. The highest BCUT2D eigenvalue weighted by atomic mass is 16.1. The quantitative estimate of drug-likeness (QED) is 0.647. The second kappa shape index (κ2) is 13.9. The third-order valence-electron chi connectivity index (χ3n) is 1.85. The van der Waals surface area contributed by atoms with Gasteiger partial charge in [0.15, 0.2) is 5.78 Å². The number of hydrogen-bond acceptors (Lipinski definition) is 1. The summed E-state index contributed by atoms with van der Waals surface area (Å²) >= 11 is 0. The Labute approximate surface area is 101 Å². The first-order valence-corrected chi connectivity index (χ1v) is 6.43. The van der Waals surface area contributed by atoms with Crippen molar-refractivity contribution >= 4 is 5.78 Å². The van der Waals surface area contributed by atoms with Gasteiger partial charge in [-0.3, -0.25) is 4.79 Å². The second-order valence-corrected chi connectivity index (χ2v) is 2.89. The van der Waals surface area contributed by atoms with E-state index in [2.05, 4.69) is 6.92 Å². The molecule has 0 saturated carbocycles. The fraction of sp³-hybridized carbons (Fsp3) is 0.533. The number of ketones is 1. The van der Waals surface area contributed by atoms with Crippen LogP contribution in [0.3, 0.4) is 0 Å². The summed E-state index contributed by atoms with van der Waals surface area (Å²) in [7, 11) is 0. The fourth-order valence-electron chi connectivity index (χ4n) is 1.11. The van der Waals surface area contributed by atoms with Crippen LogP contribution in [-0.2, 0) is 0 Å². The minimum Gasteiger partial charge on any atom is -0.294 e. The number of carbonyl (C=O) groups excluding carboxylic acids is 1. The Balaban J connectivity index is 0. The zero-order chi connectivity index (χ0) is 12.8. The minimum absolute atomic E-state index is 0.262. The predicted octanol–water partition coefficient (Wildman–Crippen LogP) is 5.11. The van der Waals surface area contributed by atoms with Gasteiger partial charge in [-0.05, 0) is 6.42 Å². The van der Waals surface area contributed by atoms with Crippen molar-refractivity contribution in [2.24, 2.45) is 0 Å². The molecule has 0 aliphatic rings. The zero-order valence-corrected chi connectivity index (χ0v) is 11.4. The fourth-order valence-corrected chi connectivity index (χ4v) is 1.11. The molecule has 0 atom stereocenters. The summed E-state index contributed by atoms with van der Waals surface area (Å²) in [5.41, 5.74) is 0.839. The number of Topliss-reactive ketones (excluding diaryl/α,β-unsaturated/α-hetero) is 1. The molecule has 0 heterocycles. The molecule has 0 aliphatic carbocycles. The molecular formula is C15H26O. The number of benzene rings is 1. The molecule has 92 valence electrons. The molecule has 0 saturated heterocycles. The van der Waals surface area contributed by atoms with Crippen LogP contribution >= 0.6 is 0 Å². The third-order valence-corrected chi connectivity index (χ3v) is 1.85. The third kappa shape index (κ3) is 8.22. The van der Waals surface area contributed by atoms with Gasteiger partial charge in [-0.1, -0.05) is 71.4 Å². The first kappa shape index (κ1) is 17.3. The molecule has 0 amide bonds. The lowest BCUT2D eigenvalue weighted by Crippen LogP contribution is -1.97. The lowest BCUT2D eigenvalue weighted by atomic mass is 10.1. The molecule has 0 aliphatic heterocycles. The van der Waals surface area contributed by atoms with Gasteiger partial charge in [0.2, 0.25) is 0 Å². The van der Waals surface area contributed by atoms with Crippen molar-refractivity contribution in [3.05, 3.63) is 35.9 Å². The van der Waals surface area contributed by atoms with Crippen molar-refractivity contribution < 1.29 is 4.79 Å². The van der Waals surface area contributed by atoms with Gasteiger partial charge < -0.3 is 0 Å². The van der Waals surface area contributed by atoms with Crippen molar-refractivity contribution in [1.82, 2.24) is 0 Å². The summed E-state index contributed by atoms with van der Waals surface area (Å²) in [4.78, 5) is 11.4. The van der Waals surface area contributed by atoms with E-state index in [1.165, 1.54) is 0 Å². The van der Waals surface area contributed by atoms with E-state index in [4.69, 9.17) is 0 Å². The first-order valence-electron chi connectivity index (χ1n) is 6.43. The maximum Gasteiger partial charge on any atom is 0.162 e. The molecule has 1 aromatic carbocycles. The van der Waals surface area contributed by atoms with Crippen LogP contribution in [0.4, 0.5) is 0 Å². The van der Waals surface area contributed by atoms with Crippen molar-refractivity contribution in [3.8, 4) is 0 Å². The maximum atomic E-state index is 11.4. The molecular weight excluding hydrogens is 196 g/mol. The van der Waals surface area contributed by atoms with Crippen molar-refractivity contribution in [2.45, 2.75) is 53.9 Å². The van der Waals surface area contributed by atoms with Crippen molar-refractivity contribution in [1.29, 1.82) is 0 Å². The Morgan fingerprint density at radius 1 is 1.00 bits per heavy atom. The van der Waals surface area contributed by atoms with Gasteiger partial charge in [-0.2, -0.15) is 0 Å². The van der Waals surface area contributed by atoms with Crippen molar-refractivity contribution in [2.75, 3.05) is 0 Å². The molecule has 16 heavy (non-hydrogen) atoms. The monoisotopic (exact) mass is 222 g/mol. The maximum absolute atomic E-state index is 11.4. The summed E-state index contributed by atoms with van der Waals surface area (Å²) in [6, 6.07) is 9.48. The average molecular weight is 222 g/mol. The highest BCUT2D eigenvalue weighted by molar-refractivity contribution is 5.95. The van der Waals surface area contributed by atoms with E-state index in [0.717, 1.165) is 18.4 Å². The molecule has 0 bridgehead atoms. The van der Waals surface area contributed by atoms with E-state index in [9.17, 15) is 4.79 Å². The molecule has 0 radical (unpaired) electrons. The summed E-state index contributed by atoms with van der Waals surface area (Å²) in [5, 5.41) is 0. The van der Waals surface area contributed by atoms with Crippen LogP contribution in [0, 0.1) is 0 Å². The van der Waals surface area contributed by atoms with Gasteiger partial charge >= 0.3 is 0 Å². The minimum atomic E-state index is 0.262. The summed E-state index contributed by atoms with van der Waals surface area (Å²) in [6.07, 6.45) is 2.76. The van der Waals surface area contributed by atoms with Crippen LogP contribution in [0.2, 0.25) is 0 Å². The Bertz CT molecular complexity index is 239. The van der Waals surface area contributed by atoms with Crippen LogP contribution < -0.4 is 0 Å². The molecule has 0 aromatic heterocycles. The largest absolute Gasteiger partial charge is 0.294 e. The summed E-state index contributed by atoms with van der Waals surface area (Å²) in [5.74, 6) is 0.262. The van der Waals surface area contributed by atoms with E-state index < -0.39 is 0 Å². The molecule has 1 heteroatoms. The zero-order valence-electron chi connectivity index (χ0n) is 11.4. The van der Waals surface area contributed by atoms with Gasteiger partial charge in [0, 0.05) is 12.0 Å². The molecule has 0 spiro atoms. The number of rotatable bonds is 4. The van der Waals surface area contributed by atoms with Gasteiger partial charge in [0.25, 0.3) is 0 Å². The summed E-state index contributed by atoms with van der Waals surface area (Å²) in [6.45, 7) is 10.1. The highest BCUT2D eigenvalue weighted by Crippen LogP contribution is 2.05.